The summed E-state index contributed by atoms with van der Waals surface area (Å²) in [5.74, 6) is 0.429. The number of halogens is 2. The maximum atomic E-state index is 12.6. The zero-order valence-electron chi connectivity index (χ0n) is 14.3. The highest BCUT2D eigenvalue weighted by atomic mass is 35.5. The van der Waals surface area contributed by atoms with Gasteiger partial charge in [-0.25, -0.2) is 8.42 Å². The fraction of sp³-hybridized carbons (Fsp3) is 0.105. The lowest BCUT2D eigenvalue weighted by Gasteiger charge is -2.12. The highest BCUT2D eigenvalue weighted by Crippen LogP contribution is 2.30. The van der Waals surface area contributed by atoms with Gasteiger partial charge < -0.3 is 4.74 Å². The van der Waals surface area contributed by atoms with E-state index >= 15 is 0 Å². The van der Waals surface area contributed by atoms with Gasteiger partial charge in [0, 0.05) is 6.20 Å². The fourth-order valence-corrected chi connectivity index (χ4v) is 4.24. The summed E-state index contributed by atoms with van der Waals surface area (Å²) >= 11 is 12.3. The standard InChI is InChI=1S/C19H16Cl2N2O3S/c1-13-5-8-19(17(21)10-13)27(24,25)23-14-6-7-18(16(20)11-14)26-12-15-4-2-3-9-22-15/h2-11,23H,12H2,1H3. The second-order valence-electron chi connectivity index (χ2n) is 5.79. The van der Waals surface area contributed by atoms with Crippen LogP contribution >= 0.6 is 23.2 Å². The summed E-state index contributed by atoms with van der Waals surface area (Å²) in [6, 6.07) is 14.9. The van der Waals surface area contributed by atoms with E-state index in [1.54, 1.807) is 30.5 Å². The van der Waals surface area contributed by atoms with E-state index in [4.69, 9.17) is 27.9 Å². The van der Waals surface area contributed by atoms with Crippen molar-refractivity contribution in [1.29, 1.82) is 0 Å². The Kier molecular flexibility index (Phi) is 5.89. The van der Waals surface area contributed by atoms with Gasteiger partial charge >= 0.3 is 0 Å². The van der Waals surface area contributed by atoms with Gasteiger partial charge in [-0.05, 0) is 55.0 Å². The van der Waals surface area contributed by atoms with Gasteiger partial charge in [0.15, 0.2) is 0 Å². The molecule has 5 nitrogen and oxygen atoms in total. The third-order valence-corrected chi connectivity index (χ3v) is 5.82. The maximum Gasteiger partial charge on any atom is 0.263 e. The van der Waals surface area contributed by atoms with E-state index in [0.717, 1.165) is 11.3 Å². The van der Waals surface area contributed by atoms with Crippen LogP contribution in [0, 0.1) is 6.92 Å². The summed E-state index contributed by atoms with van der Waals surface area (Å²) in [4.78, 5) is 4.17. The predicted octanol–water partition coefficient (Wildman–Crippen LogP) is 5.08. The SMILES string of the molecule is Cc1ccc(S(=O)(=O)Nc2ccc(OCc3ccccn3)c(Cl)c2)c(Cl)c1. The van der Waals surface area contributed by atoms with Crippen LogP contribution in [0.5, 0.6) is 5.75 Å². The minimum absolute atomic E-state index is 0.00127. The number of anilines is 1. The van der Waals surface area contributed by atoms with E-state index in [0.29, 0.717) is 11.4 Å². The third-order valence-electron chi connectivity index (χ3n) is 3.66. The van der Waals surface area contributed by atoms with Crippen molar-refractivity contribution >= 4 is 38.9 Å². The molecule has 1 N–H and O–H groups in total. The lowest BCUT2D eigenvalue weighted by molar-refractivity contribution is 0.301. The first-order valence-electron chi connectivity index (χ1n) is 7.96. The van der Waals surface area contributed by atoms with Gasteiger partial charge in [0.2, 0.25) is 0 Å². The van der Waals surface area contributed by atoms with Crippen LogP contribution in [-0.2, 0) is 16.6 Å². The predicted molar refractivity (Wildman–Crippen MR) is 107 cm³/mol. The number of nitrogens with one attached hydrogen (secondary N) is 1. The lowest BCUT2D eigenvalue weighted by Crippen LogP contribution is -2.13. The molecule has 27 heavy (non-hydrogen) atoms. The minimum Gasteiger partial charge on any atom is -0.486 e. The van der Waals surface area contributed by atoms with Gasteiger partial charge in [-0.1, -0.05) is 35.3 Å². The van der Waals surface area contributed by atoms with Crippen molar-refractivity contribution in [2.75, 3.05) is 4.72 Å². The first-order valence-corrected chi connectivity index (χ1v) is 10.2. The Balaban J connectivity index is 1.75. The number of pyridine rings is 1. The van der Waals surface area contributed by atoms with E-state index in [-0.39, 0.29) is 21.5 Å². The lowest BCUT2D eigenvalue weighted by atomic mass is 10.2. The second-order valence-corrected chi connectivity index (χ2v) is 8.26. The molecular weight excluding hydrogens is 407 g/mol. The molecule has 2 aromatic carbocycles. The van der Waals surface area contributed by atoms with Crippen LogP contribution < -0.4 is 9.46 Å². The highest BCUT2D eigenvalue weighted by Gasteiger charge is 2.18. The van der Waals surface area contributed by atoms with Crippen molar-refractivity contribution in [3.63, 3.8) is 0 Å². The van der Waals surface area contributed by atoms with Gasteiger partial charge in [0.1, 0.15) is 17.3 Å². The van der Waals surface area contributed by atoms with Gasteiger partial charge in [-0.15, -0.1) is 0 Å². The first kappa shape index (κ1) is 19.5. The number of aryl methyl sites for hydroxylation is 1. The zero-order chi connectivity index (χ0) is 19.4. The summed E-state index contributed by atoms with van der Waals surface area (Å²) in [6.45, 7) is 2.09. The molecule has 3 rings (SSSR count). The average molecular weight is 423 g/mol. The molecule has 3 aromatic rings. The van der Waals surface area contributed by atoms with Crippen molar-refractivity contribution < 1.29 is 13.2 Å². The quantitative estimate of drug-likeness (QED) is 0.601. The average Bonchev–Trinajstić information content (AvgIpc) is 2.61. The normalized spacial score (nSPS) is 11.2. The van der Waals surface area contributed by atoms with Crippen molar-refractivity contribution in [3.05, 3.63) is 82.1 Å². The summed E-state index contributed by atoms with van der Waals surface area (Å²) in [7, 11) is -3.84. The molecule has 0 amide bonds. The van der Waals surface area contributed by atoms with Crippen molar-refractivity contribution in [2.24, 2.45) is 0 Å². The van der Waals surface area contributed by atoms with Gasteiger partial charge in [0.25, 0.3) is 10.0 Å². The summed E-state index contributed by atoms with van der Waals surface area (Å²) in [5, 5.41) is 0.435. The van der Waals surface area contributed by atoms with E-state index in [1.165, 1.54) is 12.1 Å². The van der Waals surface area contributed by atoms with Crippen LogP contribution in [0.15, 0.2) is 65.7 Å². The molecule has 140 valence electrons. The maximum absolute atomic E-state index is 12.6. The van der Waals surface area contributed by atoms with Gasteiger partial charge in [-0.2, -0.15) is 0 Å². The Bertz CT molecular complexity index is 1060. The molecule has 0 saturated carbocycles. The second kappa shape index (κ2) is 8.17. The molecule has 0 aliphatic heterocycles. The Labute approximate surface area is 168 Å². The van der Waals surface area contributed by atoms with Crippen LogP contribution in [0.25, 0.3) is 0 Å². The van der Waals surface area contributed by atoms with Crippen molar-refractivity contribution in [1.82, 2.24) is 4.98 Å². The van der Waals surface area contributed by atoms with Crippen LogP contribution in [-0.4, -0.2) is 13.4 Å². The zero-order valence-corrected chi connectivity index (χ0v) is 16.6. The molecule has 0 fully saturated rings. The van der Waals surface area contributed by atoms with Crippen LogP contribution in [0.2, 0.25) is 10.0 Å². The van der Waals surface area contributed by atoms with Crippen LogP contribution in [0.4, 0.5) is 5.69 Å². The first-order chi connectivity index (χ1) is 12.8. The number of aromatic nitrogens is 1. The summed E-state index contributed by atoms with van der Waals surface area (Å²) in [6.07, 6.45) is 1.67. The number of hydrogen-bond donors (Lipinski definition) is 1. The third kappa shape index (κ3) is 4.91. The van der Waals surface area contributed by atoms with E-state index < -0.39 is 10.0 Å². The Morgan fingerprint density at radius 3 is 2.52 bits per heavy atom. The monoisotopic (exact) mass is 422 g/mol. The molecule has 0 spiro atoms. The molecular formula is C19H16Cl2N2O3S. The Morgan fingerprint density at radius 2 is 1.85 bits per heavy atom. The number of rotatable bonds is 6. The van der Waals surface area contributed by atoms with E-state index in [1.807, 2.05) is 25.1 Å². The Morgan fingerprint density at radius 1 is 1.04 bits per heavy atom. The summed E-state index contributed by atoms with van der Waals surface area (Å²) < 4.78 is 33.2. The Hall–Kier alpha value is -2.28. The molecule has 0 saturated heterocycles. The van der Waals surface area contributed by atoms with Gasteiger partial charge in [-0.3, -0.25) is 9.71 Å². The molecule has 0 aliphatic rings. The van der Waals surface area contributed by atoms with Crippen molar-refractivity contribution in [3.8, 4) is 5.75 Å². The molecule has 0 unspecified atom stereocenters. The van der Waals surface area contributed by atoms with Crippen LogP contribution in [0.3, 0.4) is 0 Å². The number of sulfonamides is 1. The molecule has 8 heteroatoms. The fourth-order valence-electron chi connectivity index (χ4n) is 2.35. The molecule has 0 atom stereocenters. The van der Waals surface area contributed by atoms with E-state index in [2.05, 4.69) is 9.71 Å². The molecule has 0 bridgehead atoms. The smallest absolute Gasteiger partial charge is 0.263 e. The summed E-state index contributed by atoms with van der Waals surface area (Å²) in [5.41, 5.74) is 1.94. The van der Waals surface area contributed by atoms with Gasteiger partial charge in [0.05, 0.1) is 21.4 Å². The minimum atomic E-state index is -3.84. The molecule has 1 aromatic heterocycles. The number of hydrogen-bond acceptors (Lipinski definition) is 4. The molecule has 1 heterocycles. The molecule has 0 aliphatic carbocycles. The van der Waals surface area contributed by atoms with Crippen LogP contribution in [0.1, 0.15) is 11.3 Å². The molecule has 0 radical (unpaired) electrons. The topological polar surface area (TPSA) is 68.3 Å². The highest BCUT2D eigenvalue weighted by molar-refractivity contribution is 7.92. The largest absolute Gasteiger partial charge is 0.486 e. The number of benzene rings is 2. The van der Waals surface area contributed by atoms with E-state index in [9.17, 15) is 8.42 Å². The number of ether oxygens (including phenoxy) is 1. The number of nitrogens with zero attached hydrogens (tertiary/aromatic N) is 1. The van der Waals surface area contributed by atoms with Crippen molar-refractivity contribution in [2.45, 2.75) is 18.4 Å².